The van der Waals surface area contributed by atoms with Gasteiger partial charge in [0.05, 0.1) is 10.1 Å². The number of hydrogen-bond donors (Lipinski definition) is 2. The van der Waals surface area contributed by atoms with Crippen molar-refractivity contribution in [3.63, 3.8) is 0 Å². The molecule has 0 saturated carbocycles. The van der Waals surface area contributed by atoms with Gasteiger partial charge in [-0.15, -0.1) is 0 Å². The smallest absolute Gasteiger partial charge is 0.286 e. The lowest BCUT2D eigenvalue weighted by atomic mass is 10.1. The first kappa shape index (κ1) is 14.0. The van der Waals surface area contributed by atoms with E-state index in [1.54, 1.807) is 12.1 Å². The largest absolute Gasteiger partial charge is 0.286 e. The molecule has 1 atom stereocenters. The zero-order valence-electron chi connectivity index (χ0n) is 10.0. The molecule has 2 rings (SSSR count). The first-order valence-electron chi connectivity index (χ1n) is 5.46. The quantitative estimate of drug-likeness (QED) is 0.844. The fraction of sp³-hybridized carbons (Fsp3) is 0.273. The Morgan fingerprint density at radius 1 is 1.26 bits per heavy atom. The van der Waals surface area contributed by atoms with E-state index in [2.05, 4.69) is 10.0 Å². The van der Waals surface area contributed by atoms with Crippen molar-refractivity contribution in [1.29, 1.82) is 0 Å². The molecule has 8 heteroatoms. The van der Waals surface area contributed by atoms with Crippen LogP contribution in [0.15, 0.2) is 29.2 Å². The maximum atomic E-state index is 11.5. The van der Waals surface area contributed by atoms with Gasteiger partial charge in [0, 0.05) is 0 Å². The molecule has 1 fully saturated rings. The zero-order chi connectivity index (χ0) is 14.0. The summed E-state index contributed by atoms with van der Waals surface area (Å²) in [5.74, 6) is -0.304. The second-order valence-electron chi connectivity index (χ2n) is 3.94. The van der Waals surface area contributed by atoms with Gasteiger partial charge in [0.2, 0.25) is 15.9 Å². The van der Waals surface area contributed by atoms with Crippen LogP contribution in [0.5, 0.6) is 0 Å². The van der Waals surface area contributed by atoms with Gasteiger partial charge in [-0.1, -0.05) is 23.9 Å². The van der Waals surface area contributed by atoms with Crippen LogP contribution in [-0.4, -0.2) is 31.9 Å². The van der Waals surface area contributed by atoms with Gasteiger partial charge < -0.3 is 0 Å². The van der Waals surface area contributed by atoms with Crippen molar-refractivity contribution in [3.8, 4) is 0 Å². The van der Waals surface area contributed by atoms with E-state index in [0.29, 0.717) is 6.42 Å². The van der Waals surface area contributed by atoms with Crippen LogP contribution < -0.4 is 10.0 Å². The summed E-state index contributed by atoms with van der Waals surface area (Å²) in [7, 11) is -2.11. The van der Waals surface area contributed by atoms with E-state index in [9.17, 15) is 18.0 Å². The van der Waals surface area contributed by atoms with E-state index in [0.717, 1.165) is 17.3 Å². The van der Waals surface area contributed by atoms with Crippen molar-refractivity contribution in [2.45, 2.75) is 16.6 Å². The Morgan fingerprint density at radius 2 is 1.89 bits per heavy atom. The van der Waals surface area contributed by atoms with Crippen molar-refractivity contribution in [2.75, 3.05) is 7.05 Å². The summed E-state index contributed by atoms with van der Waals surface area (Å²) in [5, 5.41) is 1.42. The molecule has 1 aromatic rings. The lowest BCUT2D eigenvalue weighted by molar-refractivity contribution is -0.118. The number of benzene rings is 1. The van der Waals surface area contributed by atoms with Gasteiger partial charge in [0.15, 0.2) is 0 Å². The number of thioether (sulfide) groups is 1. The highest BCUT2D eigenvalue weighted by Crippen LogP contribution is 2.23. The Hall–Kier alpha value is -1.38. The normalized spacial score (nSPS) is 19.5. The molecule has 1 aliphatic rings. The topological polar surface area (TPSA) is 92.3 Å². The number of imide groups is 1. The summed E-state index contributed by atoms with van der Waals surface area (Å²) in [6.07, 6.45) is 0.391. The van der Waals surface area contributed by atoms with Crippen molar-refractivity contribution in [3.05, 3.63) is 29.8 Å². The molecule has 1 aromatic carbocycles. The lowest BCUT2D eigenvalue weighted by Crippen LogP contribution is -2.25. The first-order chi connectivity index (χ1) is 8.92. The summed E-state index contributed by atoms with van der Waals surface area (Å²) in [6.45, 7) is 0. The third-order valence-electron chi connectivity index (χ3n) is 2.69. The van der Waals surface area contributed by atoms with Gasteiger partial charge in [0.25, 0.3) is 5.24 Å². The van der Waals surface area contributed by atoms with Crippen molar-refractivity contribution in [1.82, 2.24) is 10.0 Å². The molecule has 102 valence electrons. The summed E-state index contributed by atoms with van der Waals surface area (Å²) < 4.78 is 25.3. The third-order valence-corrected chi connectivity index (χ3v) is 5.10. The van der Waals surface area contributed by atoms with Crippen LogP contribution in [0.4, 0.5) is 4.79 Å². The van der Waals surface area contributed by atoms with E-state index < -0.39 is 15.3 Å². The number of hydrogen-bond acceptors (Lipinski definition) is 5. The fourth-order valence-corrected chi connectivity index (χ4v) is 3.25. The van der Waals surface area contributed by atoms with Crippen molar-refractivity contribution in [2.24, 2.45) is 0 Å². The maximum Gasteiger partial charge on any atom is 0.286 e. The number of amides is 2. The predicted octanol–water partition coefficient (Wildman–Crippen LogP) is 0.489. The molecule has 1 aliphatic heterocycles. The summed E-state index contributed by atoms with van der Waals surface area (Å²) >= 11 is 0.953. The predicted molar refractivity (Wildman–Crippen MR) is 71.3 cm³/mol. The second-order valence-corrected chi connectivity index (χ2v) is 7.00. The molecule has 2 amide bonds. The van der Waals surface area contributed by atoms with Crippen LogP contribution in [-0.2, 0) is 21.2 Å². The molecular weight excluding hydrogens is 288 g/mol. The Morgan fingerprint density at radius 3 is 2.37 bits per heavy atom. The number of nitrogens with one attached hydrogen (secondary N) is 2. The minimum atomic E-state index is -3.45. The Balaban J connectivity index is 2.12. The number of carbonyl (C=O) groups excluding carboxylic acids is 2. The van der Waals surface area contributed by atoms with E-state index in [-0.39, 0.29) is 16.0 Å². The van der Waals surface area contributed by atoms with E-state index in [1.807, 2.05) is 0 Å². The molecular formula is C11H12N2O4S2. The Kier molecular flexibility index (Phi) is 3.93. The van der Waals surface area contributed by atoms with Crippen molar-refractivity contribution >= 4 is 32.9 Å². The number of sulfonamides is 1. The molecule has 0 aromatic heterocycles. The molecule has 1 heterocycles. The van der Waals surface area contributed by atoms with Crippen LogP contribution in [0.3, 0.4) is 0 Å². The molecule has 1 saturated heterocycles. The van der Waals surface area contributed by atoms with Gasteiger partial charge in [-0.25, -0.2) is 13.1 Å². The molecule has 2 N–H and O–H groups in total. The molecule has 0 radical (unpaired) electrons. The summed E-state index contributed by atoms with van der Waals surface area (Å²) in [5.41, 5.74) is 0.803. The van der Waals surface area contributed by atoms with Gasteiger partial charge >= 0.3 is 0 Å². The van der Waals surface area contributed by atoms with E-state index >= 15 is 0 Å². The lowest BCUT2D eigenvalue weighted by Gasteiger charge is -2.07. The van der Waals surface area contributed by atoms with Gasteiger partial charge in [-0.2, -0.15) is 0 Å². The van der Waals surface area contributed by atoms with Gasteiger partial charge in [-0.05, 0) is 31.2 Å². The minimum absolute atomic E-state index is 0.165. The van der Waals surface area contributed by atoms with Gasteiger partial charge in [0.1, 0.15) is 0 Å². The Bertz CT molecular complexity index is 610. The highest BCUT2D eigenvalue weighted by atomic mass is 32.2. The molecule has 6 nitrogen and oxygen atoms in total. The average Bonchev–Trinajstić information content (AvgIpc) is 2.68. The standard InChI is InChI=1S/C11H12N2O4S2/c1-12-19(16,17)8-4-2-7(3-5-8)6-9-10(14)13-11(15)18-9/h2-5,9,12H,6H2,1H3,(H,13,14,15). The fourth-order valence-electron chi connectivity index (χ4n) is 1.66. The highest BCUT2D eigenvalue weighted by Gasteiger charge is 2.31. The molecule has 1 unspecified atom stereocenters. The van der Waals surface area contributed by atoms with Crippen molar-refractivity contribution < 1.29 is 18.0 Å². The average molecular weight is 300 g/mol. The first-order valence-corrected chi connectivity index (χ1v) is 7.82. The second kappa shape index (κ2) is 5.32. The summed E-state index contributed by atoms with van der Waals surface area (Å²) in [4.78, 5) is 22.6. The number of rotatable bonds is 4. The summed E-state index contributed by atoms with van der Waals surface area (Å²) in [6, 6.07) is 6.22. The van der Waals surface area contributed by atoms with Crippen LogP contribution in [0.1, 0.15) is 5.56 Å². The van der Waals surface area contributed by atoms with Crippen LogP contribution >= 0.6 is 11.8 Å². The maximum absolute atomic E-state index is 11.5. The van der Waals surface area contributed by atoms with Crippen LogP contribution in [0, 0.1) is 0 Å². The Labute approximate surface area is 115 Å². The molecule has 0 spiro atoms. The van der Waals surface area contributed by atoms with E-state index in [4.69, 9.17) is 0 Å². The zero-order valence-corrected chi connectivity index (χ0v) is 11.7. The monoisotopic (exact) mass is 300 g/mol. The van der Waals surface area contributed by atoms with E-state index in [1.165, 1.54) is 19.2 Å². The van der Waals surface area contributed by atoms with Crippen LogP contribution in [0.25, 0.3) is 0 Å². The molecule has 0 aliphatic carbocycles. The molecule has 0 bridgehead atoms. The van der Waals surface area contributed by atoms with Gasteiger partial charge in [-0.3, -0.25) is 14.9 Å². The SMILES string of the molecule is CNS(=O)(=O)c1ccc(CC2SC(=O)NC2=O)cc1. The minimum Gasteiger partial charge on any atom is -0.286 e. The molecule has 19 heavy (non-hydrogen) atoms. The number of carbonyl (C=O) groups is 2. The highest BCUT2D eigenvalue weighted by molar-refractivity contribution is 8.15. The van der Waals surface area contributed by atoms with Crippen LogP contribution in [0.2, 0.25) is 0 Å². The third kappa shape index (κ3) is 3.14.